The molecule has 1 saturated heterocycles. The van der Waals surface area contributed by atoms with E-state index < -0.39 is 0 Å². The van der Waals surface area contributed by atoms with E-state index in [0.717, 1.165) is 25.4 Å². The normalized spacial score (nSPS) is 33.2. The van der Waals surface area contributed by atoms with E-state index in [2.05, 4.69) is 0 Å². The third kappa shape index (κ3) is 4.16. The monoisotopic (exact) mass is 244 g/mol. The van der Waals surface area contributed by atoms with Gasteiger partial charge in [0.25, 0.3) is 0 Å². The molecule has 16 heavy (non-hydrogen) atoms. The minimum atomic E-state index is 0.0164. The third-order valence-corrected chi connectivity index (χ3v) is 5.18. The first-order valence-corrected chi connectivity index (χ1v) is 8.62. The zero-order valence-corrected chi connectivity index (χ0v) is 11.7. The van der Waals surface area contributed by atoms with Crippen molar-refractivity contribution in [2.75, 3.05) is 26.6 Å². The Kier molecular flexibility index (Phi) is 5.29. The van der Waals surface area contributed by atoms with Crippen LogP contribution in [-0.2, 0) is 14.2 Å². The van der Waals surface area contributed by atoms with Gasteiger partial charge in [-0.25, -0.2) is 0 Å². The van der Waals surface area contributed by atoms with E-state index in [9.17, 15) is 0 Å². The summed E-state index contributed by atoms with van der Waals surface area (Å²) in [6.45, 7) is 1.50. The highest BCUT2D eigenvalue weighted by Gasteiger charge is 2.43. The first-order valence-electron chi connectivity index (χ1n) is 6.62. The van der Waals surface area contributed by atoms with Crippen LogP contribution in [0.2, 0.25) is 6.04 Å². The lowest BCUT2D eigenvalue weighted by molar-refractivity contribution is 0.0924. The molecule has 1 aliphatic heterocycles. The molecule has 94 valence electrons. The Bertz CT molecular complexity index is 201. The number of hydrogen-bond donors (Lipinski definition) is 0. The Labute approximate surface area is 101 Å². The molecule has 0 amide bonds. The molecular weight excluding hydrogens is 220 g/mol. The van der Waals surface area contributed by atoms with Gasteiger partial charge in [-0.2, -0.15) is 0 Å². The molecule has 3 nitrogen and oxygen atoms in total. The van der Waals surface area contributed by atoms with Crippen molar-refractivity contribution in [1.82, 2.24) is 0 Å². The van der Waals surface area contributed by atoms with Gasteiger partial charge in [-0.15, -0.1) is 0 Å². The molecule has 1 saturated carbocycles. The molecular formula is C12H24O3Si. The minimum absolute atomic E-state index is 0.0164. The van der Waals surface area contributed by atoms with Gasteiger partial charge in [0.15, 0.2) is 0 Å². The number of methoxy groups -OCH3 is 1. The van der Waals surface area contributed by atoms with E-state index in [0.29, 0.717) is 12.2 Å². The molecule has 3 atom stereocenters. The van der Waals surface area contributed by atoms with Gasteiger partial charge >= 0.3 is 0 Å². The molecule has 0 N–H and O–H groups in total. The second kappa shape index (κ2) is 6.74. The highest BCUT2D eigenvalue weighted by atomic mass is 28.2. The molecule has 0 bridgehead atoms. The second-order valence-electron chi connectivity index (χ2n) is 4.99. The molecule has 1 aliphatic carbocycles. The van der Waals surface area contributed by atoms with Gasteiger partial charge in [-0.05, 0) is 25.2 Å². The maximum atomic E-state index is 5.55. The van der Waals surface area contributed by atoms with Crippen LogP contribution in [0.25, 0.3) is 0 Å². The number of fused-ring (bicyclic) bond motifs is 1. The van der Waals surface area contributed by atoms with E-state index in [1.807, 2.05) is 0 Å². The molecule has 1 heterocycles. The molecule has 0 aromatic carbocycles. The lowest BCUT2D eigenvalue weighted by Gasteiger charge is -2.18. The van der Waals surface area contributed by atoms with Crippen molar-refractivity contribution in [3.63, 3.8) is 0 Å². The predicted molar refractivity (Wildman–Crippen MR) is 66.7 cm³/mol. The van der Waals surface area contributed by atoms with Gasteiger partial charge < -0.3 is 14.2 Å². The molecule has 0 radical (unpaired) electrons. The second-order valence-corrected chi connectivity index (χ2v) is 6.82. The molecule has 0 aromatic rings. The summed E-state index contributed by atoms with van der Waals surface area (Å²) in [6.07, 6.45) is 7.82. The Morgan fingerprint density at radius 2 is 2.19 bits per heavy atom. The fraction of sp³-hybridized carbons (Fsp3) is 1.00. The number of epoxide rings is 1. The molecule has 0 aromatic heterocycles. The van der Waals surface area contributed by atoms with E-state index in [-0.39, 0.29) is 9.52 Å². The summed E-state index contributed by atoms with van der Waals surface area (Å²) in [5.74, 6) is 0.954. The van der Waals surface area contributed by atoms with Crippen molar-refractivity contribution in [2.24, 2.45) is 5.92 Å². The van der Waals surface area contributed by atoms with Crippen molar-refractivity contribution >= 4 is 9.52 Å². The van der Waals surface area contributed by atoms with Crippen molar-refractivity contribution in [2.45, 2.75) is 43.9 Å². The first kappa shape index (κ1) is 12.6. The average Bonchev–Trinajstić information content (AvgIpc) is 3.06. The van der Waals surface area contributed by atoms with Crippen LogP contribution in [0.15, 0.2) is 0 Å². The summed E-state index contributed by atoms with van der Waals surface area (Å²) in [4.78, 5) is 0. The lowest BCUT2D eigenvalue weighted by Crippen LogP contribution is -2.15. The van der Waals surface area contributed by atoms with Gasteiger partial charge in [-0.1, -0.05) is 12.5 Å². The van der Waals surface area contributed by atoms with E-state index in [1.54, 1.807) is 7.11 Å². The molecule has 4 heteroatoms. The molecule has 2 rings (SSSR count). The number of hydrogen-bond acceptors (Lipinski definition) is 3. The fourth-order valence-corrected chi connectivity index (χ4v) is 4.11. The summed E-state index contributed by atoms with van der Waals surface area (Å²) in [7, 11) is 1.74. The van der Waals surface area contributed by atoms with Crippen LogP contribution in [0.3, 0.4) is 0 Å². The summed E-state index contributed by atoms with van der Waals surface area (Å²) >= 11 is 0. The zero-order chi connectivity index (χ0) is 11.2. The Morgan fingerprint density at radius 3 is 3.00 bits per heavy atom. The summed E-state index contributed by atoms with van der Waals surface area (Å²) in [6, 6.07) is 1.44. The first-order chi connectivity index (χ1) is 7.90. The predicted octanol–water partition coefficient (Wildman–Crippen LogP) is 1.15. The van der Waals surface area contributed by atoms with Crippen LogP contribution < -0.4 is 0 Å². The summed E-state index contributed by atoms with van der Waals surface area (Å²) in [5, 5.41) is 0. The van der Waals surface area contributed by atoms with Gasteiger partial charge in [-0.3, -0.25) is 0 Å². The quantitative estimate of drug-likeness (QED) is 0.365. The highest BCUT2D eigenvalue weighted by Crippen LogP contribution is 2.40. The SMILES string of the molecule is COCCOC[SiH2]CCC1CCC2OC2C1. The van der Waals surface area contributed by atoms with Crippen molar-refractivity contribution in [3.8, 4) is 0 Å². The highest BCUT2D eigenvalue weighted by molar-refractivity contribution is 6.35. The van der Waals surface area contributed by atoms with Gasteiger partial charge in [0.05, 0.1) is 34.9 Å². The number of ether oxygens (including phenoxy) is 3. The van der Waals surface area contributed by atoms with Crippen LogP contribution in [-0.4, -0.2) is 48.3 Å². The Hall–Kier alpha value is 0.0969. The Morgan fingerprint density at radius 1 is 1.25 bits per heavy atom. The van der Waals surface area contributed by atoms with Gasteiger partial charge in [0.1, 0.15) is 0 Å². The molecule has 2 aliphatic rings. The van der Waals surface area contributed by atoms with Gasteiger partial charge in [0, 0.05) is 13.3 Å². The molecule has 3 unspecified atom stereocenters. The molecule has 2 fully saturated rings. The molecule has 0 spiro atoms. The number of rotatable bonds is 8. The standard InChI is InChI=1S/C12H24O3Si/c1-13-5-6-14-9-16-7-4-10-2-3-11-12(8-10)15-11/h10-12H,2-9,16H2,1H3. The van der Waals surface area contributed by atoms with Gasteiger partial charge in [0.2, 0.25) is 0 Å². The van der Waals surface area contributed by atoms with Crippen LogP contribution in [0.4, 0.5) is 0 Å². The van der Waals surface area contributed by atoms with E-state index in [1.165, 1.54) is 31.7 Å². The summed E-state index contributed by atoms with van der Waals surface area (Å²) < 4.78 is 16.0. The van der Waals surface area contributed by atoms with Crippen LogP contribution in [0.5, 0.6) is 0 Å². The smallest absolute Gasteiger partial charge is 0.0844 e. The van der Waals surface area contributed by atoms with Crippen molar-refractivity contribution in [3.05, 3.63) is 0 Å². The average molecular weight is 244 g/mol. The van der Waals surface area contributed by atoms with Crippen LogP contribution in [0, 0.1) is 5.92 Å². The lowest BCUT2D eigenvalue weighted by atomic mass is 9.88. The van der Waals surface area contributed by atoms with Crippen LogP contribution >= 0.6 is 0 Å². The maximum absolute atomic E-state index is 5.55. The third-order valence-electron chi connectivity index (χ3n) is 3.70. The van der Waals surface area contributed by atoms with Crippen molar-refractivity contribution in [1.29, 1.82) is 0 Å². The largest absolute Gasteiger partial charge is 0.383 e. The zero-order valence-electron chi connectivity index (χ0n) is 10.3. The van der Waals surface area contributed by atoms with Crippen molar-refractivity contribution < 1.29 is 14.2 Å². The summed E-state index contributed by atoms with van der Waals surface area (Å²) in [5.41, 5.74) is 0. The minimum Gasteiger partial charge on any atom is -0.383 e. The fourth-order valence-electron chi connectivity index (χ4n) is 2.63. The Balaban J connectivity index is 1.39. The van der Waals surface area contributed by atoms with Crippen LogP contribution in [0.1, 0.15) is 25.7 Å². The van der Waals surface area contributed by atoms with E-state index >= 15 is 0 Å². The maximum Gasteiger partial charge on any atom is 0.0844 e. The van der Waals surface area contributed by atoms with E-state index in [4.69, 9.17) is 14.2 Å². The topological polar surface area (TPSA) is 31.0 Å².